The summed E-state index contributed by atoms with van der Waals surface area (Å²) in [5.41, 5.74) is 1.26. The third-order valence-corrected chi connectivity index (χ3v) is 3.54. The van der Waals surface area contributed by atoms with Gasteiger partial charge in [0, 0.05) is 6.61 Å². The molecule has 1 aromatic carbocycles. The number of ether oxygens (including phenoxy) is 1. The van der Waals surface area contributed by atoms with Crippen molar-refractivity contribution in [1.29, 1.82) is 0 Å². The first kappa shape index (κ1) is 16.2. The lowest BCUT2D eigenvalue weighted by atomic mass is 10.0. The molecule has 0 amide bonds. The van der Waals surface area contributed by atoms with E-state index in [9.17, 15) is 5.11 Å². The Hall–Kier alpha value is -0.900. The molecule has 1 atom stereocenters. The molecule has 1 unspecified atom stereocenters. The smallest absolute Gasteiger partial charge is 0.165 e. The number of aliphatic hydroxyl groups excluding tert-OH is 1. The number of rotatable bonds is 9. The molecule has 1 aromatic rings. The molecule has 0 heterocycles. The minimum Gasteiger partial charge on any atom is -0.396 e. The van der Waals surface area contributed by atoms with Crippen LogP contribution in [0.15, 0.2) is 30.3 Å². The van der Waals surface area contributed by atoms with Crippen molar-refractivity contribution in [2.75, 3.05) is 6.61 Å². The van der Waals surface area contributed by atoms with E-state index < -0.39 is 5.79 Å². The summed E-state index contributed by atoms with van der Waals surface area (Å²) in [4.78, 5) is 0. The zero-order chi connectivity index (χ0) is 14.1. The predicted molar refractivity (Wildman–Crippen MR) is 76.9 cm³/mol. The standard InChI is InChI=1S/C16H26O3/c1-3-16(18,4-2)19-15(12-13-17)11-10-14-8-6-5-7-9-14/h5-9,15,17-18H,3-4,10-13H2,1-2H3. The Balaban J connectivity index is 2.53. The van der Waals surface area contributed by atoms with Crippen LogP contribution in [0.3, 0.4) is 0 Å². The molecule has 0 saturated heterocycles. The lowest BCUT2D eigenvalue weighted by Gasteiger charge is -2.31. The van der Waals surface area contributed by atoms with E-state index in [1.807, 2.05) is 32.0 Å². The monoisotopic (exact) mass is 266 g/mol. The number of hydrogen-bond donors (Lipinski definition) is 2. The second-order valence-corrected chi connectivity index (χ2v) is 4.93. The van der Waals surface area contributed by atoms with Gasteiger partial charge in [0.05, 0.1) is 6.10 Å². The van der Waals surface area contributed by atoms with Gasteiger partial charge in [-0.15, -0.1) is 0 Å². The lowest BCUT2D eigenvalue weighted by Crippen LogP contribution is -2.36. The maximum Gasteiger partial charge on any atom is 0.165 e. The van der Waals surface area contributed by atoms with Crippen molar-refractivity contribution < 1.29 is 14.9 Å². The minimum absolute atomic E-state index is 0.0863. The maximum atomic E-state index is 10.2. The average molecular weight is 266 g/mol. The van der Waals surface area contributed by atoms with Crippen LogP contribution in [0.25, 0.3) is 0 Å². The molecule has 1 rings (SSSR count). The molecule has 0 bridgehead atoms. The van der Waals surface area contributed by atoms with Gasteiger partial charge in [-0.2, -0.15) is 0 Å². The highest BCUT2D eigenvalue weighted by molar-refractivity contribution is 5.14. The van der Waals surface area contributed by atoms with Crippen LogP contribution >= 0.6 is 0 Å². The van der Waals surface area contributed by atoms with E-state index >= 15 is 0 Å². The molecule has 19 heavy (non-hydrogen) atoms. The molecule has 3 nitrogen and oxygen atoms in total. The van der Waals surface area contributed by atoms with Gasteiger partial charge in [0.1, 0.15) is 0 Å². The Morgan fingerprint density at radius 3 is 2.26 bits per heavy atom. The third-order valence-electron chi connectivity index (χ3n) is 3.54. The van der Waals surface area contributed by atoms with Crippen molar-refractivity contribution in [2.45, 2.75) is 57.8 Å². The number of aliphatic hydroxyl groups is 2. The second-order valence-electron chi connectivity index (χ2n) is 4.93. The fraction of sp³-hybridized carbons (Fsp3) is 0.625. The van der Waals surface area contributed by atoms with Crippen LogP contribution in [-0.4, -0.2) is 28.7 Å². The Labute approximate surface area is 116 Å². The molecular weight excluding hydrogens is 240 g/mol. The zero-order valence-electron chi connectivity index (χ0n) is 12.0. The van der Waals surface area contributed by atoms with Crippen LogP contribution in [0, 0.1) is 0 Å². The SMILES string of the molecule is CCC(O)(CC)OC(CCO)CCc1ccccc1. The van der Waals surface area contributed by atoms with Crippen molar-refractivity contribution in [3.8, 4) is 0 Å². The highest BCUT2D eigenvalue weighted by Crippen LogP contribution is 2.22. The Morgan fingerprint density at radius 1 is 1.11 bits per heavy atom. The molecule has 0 radical (unpaired) electrons. The van der Waals surface area contributed by atoms with Crippen molar-refractivity contribution in [3.05, 3.63) is 35.9 Å². The molecule has 2 N–H and O–H groups in total. The largest absolute Gasteiger partial charge is 0.396 e. The van der Waals surface area contributed by atoms with E-state index in [1.165, 1.54) is 5.56 Å². The van der Waals surface area contributed by atoms with Gasteiger partial charge in [-0.05, 0) is 37.7 Å². The van der Waals surface area contributed by atoms with E-state index in [1.54, 1.807) is 0 Å². The first-order chi connectivity index (χ1) is 9.13. The molecule has 3 heteroatoms. The summed E-state index contributed by atoms with van der Waals surface area (Å²) in [5, 5.41) is 19.3. The van der Waals surface area contributed by atoms with Crippen LogP contribution in [0.5, 0.6) is 0 Å². The van der Waals surface area contributed by atoms with Gasteiger partial charge in [-0.3, -0.25) is 0 Å². The fourth-order valence-electron chi connectivity index (χ4n) is 2.11. The topological polar surface area (TPSA) is 49.7 Å². The summed E-state index contributed by atoms with van der Waals surface area (Å²) in [6, 6.07) is 10.2. The summed E-state index contributed by atoms with van der Waals surface area (Å²) in [6.45, 7) is 3.91. The van der Waals surface area contributed by atoms with Gasteiger partial charge in [0.2, 0.25) is 0 Å². The van der Waals surface area contributed by atoms with Crippen molar-refractivity contribution in [3.63, 3.8) is 0 Å². The zero-order valence-corrected chi connectivity index (χ0v) is 12.0. The lowest BCUT2D eigenvalue weighted by molar-refractivity contribution is -0.236. The van der Waals surface area contributed by atoms with E-state index in [-0.39, 0.29) is 12.7 Å². The van der Waals surface area contributed by atoms with Crippen LogP contribution in [0.1, 0.15) is 45.1 Å². The van der Waals surface area contributed by atoms with Gasteiger partial charge >= 0.3 is 0 Å². The van der Waals surface area contributed by atoms with Crippen LogP contribution < -0.4 is 0 Å². The molecule has 0 aromatic heterocycles. The van der Waals surface area contributed by atoms with Crippen molar-refractivity contribution in [1.82, 2.24) is 0 Å². The fourth-order valence-corrected chi connectivity index (χ4v) is 2.11. The van der Waals surface area contributed by atoms with Gasteiger partial charge in [0.25, 0.3) is 0 Å². The maximum absolute atomic E-state index is 10.2. The van der Waals surface area contributed by atoms with Gasteiger partial charge in [0.15, 0.2) is 5.79 Å². The Bertz CT molecular complexity index is 333. The van der Waals surface area contributed by atoms with Crippen LogP contribution in [-0.2, 0) is 11.2 Å². The van der Waals surface area contributed by atoms with E-state index in [0.29, 0.717) is 19.3 Å². The number of benzene rings is 1. The molecule has 0 aliphatic heterocycles. The molecule has 0 aliphatic rings. The van der Waals surface area contributed by atoms with Gasteiger partial charge in [-0.25, -0.2) is 0 Å². The highest BCUT2D eigenvalue weighted by atomic mass is 16.6. The molecule has 0 spiro atoms. The summed E-state index contributed by atoms with van der Waals surface area (Å²) < 4.78 is 5.79. The summed E-state index contributed by atoms with van der Waals surface area (Å²) in [7, 11) is 0. The van der Waals surface area contributed by atoms with E-state index in [0.717, 1.165) is 12.8 Å². The molecule has 108 valence electrons. The molecule has 0 saturated carbocycles. The van der Waals surface area contributed by atoms with Crippen molar-refractivity contribution in [2.24, 2.45) is 0 Å². The number of hydrogen-bond acceptors (Lipinski definition) is 3. The number of aryl methyl sites for hydroxylation is 1. The first-order valence-electron chi connectivity index (χ1n) is 7.18. The van der Waals surface area contributed by atoms with E-state index in [2.05, 4.69) is 12.1 Å². The highest BCUT2D eigenvalue weighted by Gasteiger charge is 2.27. The quantitative estimate of drug-likeness (QED) is 0.676. The molecule has 0 fully saturated rings. The summed E-state index contributed by atoms with van der Waals surface area (Å²) in [6.07, 6.45) is 3.31. The van der Waals surface area contributed by atoms with Gasteiger partial charge < -0.3 is 14.9 Å². The first-order valence-corrected chi connectivity index (χ1v) is 7.18. The average Bonchev–Trinajstić information content (AvgIpc) is 2.46. The minimum atomic E-state index is -1.06. The summed E-state index contributed by atoms with van der Waals surface area (Å²) >= 11 is 0. The Kier molecular flexibility index (Phi) is 7.06. The predicted octanol–water partition coefficient (Wildman–Crippen LogP) is 2.90. The molecule has 0 aliphatic carbocycles. The van der Waals surface area contributed by atoms with Gasteiger partial charge in [-0.1, -0.05) is 44.2 Å². The third kappa shape index (κ3) is 5.72. The normalized spacial score (nSPS) is 13.5. The van der Waals surface area contributed by atoms with Crippen molar-refractivity contribution >= 4 is 0 Å². The second kappa shape index (κ2) is 8.31. The Morgan fingerprint density at radius 2 is 1.74 bits per heavy atom. The van der Waals surface area contributed by atoms with E-state index in [4.69, 9.17) is 9.84 Å². The van der Waals surface area contributed by atoms with Crippen LogP contribution in [0.4, 0.5) is 0 Å². The van der Waals surface area contributed by atoms with Crippen LogP contribution in [0.2, 0.25) is 0 Å². The molecular formula is C16H26O3. The summed E-state index contributed by atoms with van der Waals surface area (Å²) in [5.74, 6) is -1.06.